The summed E-state index contributed by atoms with van der Waals surface area (Å²) < 4.78 is 4.74. The number of rotatable bonds is 5. The molecule has 86 valence electrons. The monoisotopic (exact) mass is 222 g/mol. The summed E-state index contributed by atoms with van der Waals surface area (Å²) in [6, 6.07) is 7.16. The number of carbonyl (C=O) groups is 1. The molecule has 0 saturated heterocycles. The van der Waals surface area contributed by atoms with Gasteiger partial charge in [0.1, 0.15) is 6.54 Å². The van der Waals surface area contributed by atoms with E-state index in [0.717, 1.165) is 10.6 Å². The topological polar surface area (TPSA) is 59.0 Å². The standard InChI is InChI=1S/C11H14N2O3/c1-3-16-11(14)8-13(12-15)10-6-4-9(2)5-7-10/h4-7H,3,8H2,1-2H3. The summed E-state index contributed by atoms with van der Waals surface area (Å²) in [5.41, 5.74) is 1.65. The van der Waals surface area contributed by atoms with Gasteiger partial charge in [-0.15, -0.1) is 4.91 Å². The summed E-state index contributed by atoms with van der Waals surface area (Å²) in [6.07, 6.45) is 0. The Balaban J connectivity index is 2.71. The number of ether oxygens (including phenoxy) is 1. The molecule has 0 aliphatic carbocycles. The first-order chi connectivity index (χ1) is 7.67. The molecule has 0 aromatic heterocycles. The molecule has 0 heterocycles. The molecule has 0 spiro atoms. The number of nitroso groups, excluding NO2 is 1. The van der Waals surface area contributed by atoms with Gasteiger partial charge in [-0.05, 0) is 26.0 Å². The molecule has 0 aliphatic heterocycles. The number of esters is 1. The van der Waals surface area contributed by atoms with E-state index in [-0.39, 0.29) is 6.54 Å². The van der Waals surface area contributed by atoms with Gasteiger partial charge in [0.2, 0.25) is 0 Å². The minimum absolute atomic E-state index is 0.166. The maximum Gasteiger partial charge on any atom is 0.327 e. The van der Waals surface area contributed by atoms with Gasteiger partial charge in [0, 0.05) is 0 Å². The van der Waals surface area contributed by atoms with Crippen molar-refractivity contribution in [3.63, 3.8) is 0 Å². The lowest BCUT2D eigenvalue weighted by Gasteiger charge is -2.14. The molecule has 0 amide bonds. The van der Waals surface area contributed by atoms with Crippen LogP contribution in [-0.2, 0) is 9.53 Å². The third-order valence-electron chi connectivity index (χ3n) is 2.01. The highest BCUT2D eigenvalue weighted by molar-refractivity contribution is 5.75. The van der Waals surface area contributed by atoms with Crippen LogP contribution in [0.5, 0.6) is 0 Å². The lowest BCUT2D eigenvalue weighted by atomic mass is 10.2. The van der Waals surface area contributed by atoms with Crippen LogP contribution in [0.1, 0.15) is 12.5 Å². The van der Waals surface area contributed by atoms with Gasteiger partial charge in [0.15, 0.2) is 0 Å². The lowest BCUT2D eigenvalue weighted by Crippen LogP contribution is -2.25. The first kappa shape index (κ1) is 12.2. The predicted octanol–water partition coefficient (Wildman–Crippen LogP) is 2.05. The van der Waals surface area contributed by atoms with Crippen LogP contribution < -0.4 is 5.01 Å². The van der Waals surface area contributed by atoms with Gasteiger partial charge in [-0.2, -0.15) is 0 Å². The van der Waals surface area contributed by atoms with Gasteiger partial charge in [-0.25, -0.2) is 5.01 Å². The molecule has 0 saturated carbocycles. The summed E-state index contributed by atoms with van der Waals surface area (Å²) in [5, 5.41) is 3.86. The molecule has 0 bridgehead atoms. The van der Waals surface area contributed by atoms with E-state index in [4.69, 9.17) is 4.74 Å². The average molecular weight is 222 g/mol. The molecular formula is C11H14N2O3. The second-order valence-corrected chi connectivity index (χ2v) is 3.28. The Morgan fingerprint density at radius 2 is 2.00 bits per heavy atom. The normalized spacial score (nSPS) is 9.62. The van der Waals surface area contributed by atoms with E-state index in [1.165, 1.54) is 0 Å². The van der Waals surface area contributed by atoms with E-state index in [9.17, 15) is 9.70 Å². The Bertz CT molecular complexity index is 362. The van der Waals surface area contributed by atoms with Crippen LogP contribution in [-0.4, -0.2) is 19.1 Å². The predicted molar refractivity (Wildman–Crippen MR) is 61.0 cm³/mol. The highest BCUT2D eigenvalue weighted by atomic mass is 16.5. The van der Waals surface area contributed by atoms with E-state index in [2.05, 4.69) is 5.29 Å². The summed E-state index contributed by atoms with van der Waals surface area (Å²) >= 11 is 0. The Kier molecular flexibility index (Phi) is 4.44. The molecule has 5 heteroatoms. The third-order valence-corrected chi connectivity index (χ3v) is 2.01. The van der Waals surface area contributed by atoms with Gasteiger partial charge in [-0.1, -0.05) is 17.7 Å². The van der Waals surface area contributed by atoms with Crippen LogP contribution in [0.15, 0.2) is 29.6 Å². The van der Waals surface area contributed by atoms with Crippen molar-refractivity contribution in [2.75, 3.05) is 18.2 Å². The molecule has 1 aromatic carbocycles. The van der Waals surface area contributed by atoms with Crippen molar-refractivity contribution >= 4 is 11.7 Å². The van der Waals surface area contributed by atoms with Crippen molar-refractivity contribution in [1.82, 2.24) is 0 Å². The Labute approximate surface area is 94.0 Å². The fourth-order valence-electron chi connectivity index (χ4n) is 1.21. The number of hydrogen-bond acceptors (Lipinski definition) is 4. The van der Waals surface area contributed by atoms with Crippen LogP contribution in [0.25, 0.3) is 0 Å². The zero-order valence-electron chi connectivity index (χ0n) is 9.34. The number of anilines is 1. The Morgan fingerprint density at radius 1 is 1.38 bits per heavy atom. The van der Waals surface area contributed by atoms with Crippen molar-refractivity contribution in [2.24, 2.45) is 5.29 Å². The fraction of sp³-hybridized carbons (Fsp3) is 0.364. The largest absolute Gasteiger partial charge is 0.465 e. The highest BCUT2D eigenvalue weighted by Crippen LogP contribution is 2.15. The van der Waals surface area contributed by atoms with E-state index in [0.29, 0.717) is 12.3 Å². The molecule has 0 N–H and O–H groups in total. The molecule has 0 atom stereocenters. The molecule has 0 fully saturated rings. The Hall–Kier alpha value is -1.91. The summed E-state index contributed by atoms with van der Waals surface area (Å²) in [5.74, 6) is -0.470. The van der Waals surface area contributed by atoms with Crippen LogP contribution in [0, 0.1) is 11.8 Å². The first-order valence-electron chi connectivity index (χ1n) is 5.00. The number of carbonyl (C=O) groups excluding carboxylic acids is 1. The average Bonchev–Trinajstić information content (AvgIpc) is 2.27. The molecule has 16 heavy (non-hydrogen) atoms. The van der Waals surface area contributed by atoms with Gasteiger partial charge in [0.05, 0.1) is 17.6 Å². The molecule has 0 aliphatic rings. The van der Waals surface area contributed by atoms with Crippen molar-refractivity contribution in [2.45, 2.75) is 13.8 Å². The van der Waals surface area contributed by atoms with Crippen molar-refractivity contribution < 1.29 is 9.53 Å². The van der Waals surface area contributed by atoms with Gasteiger partial charge in [-0.3, -0.25) is 4.79 Å². The second kappa shape index (κ2) is 5.85. The molecule has 0 radical (unpaired) electrons. The minimum atomic E-state index is -0.470. The van der Waals surface area contributed by atoms with Gasteiger partial charge >= 0.3 is 5.97 Å². The van der Waals surface area contributed by atoms with E-state index in [1.54, 1.807) is 19.1 Å². The maximum atomic E-state index is 11.2. The summed E-state index contributed by atoms with van der Waals surface area (Å²) in [4.78, 5) is 21.8. The molecule has 1 rings (SSSR count). The van der Waals surface area contributed by atoms with E-state index >= 15 is 0 Å². The van der Waals surface area contributed by atoms with Crippen LogP contribution >= 0.6 is 0 Å². The molecule has 1 aromatic rings. The van der Waals surface area contributed by atoms with Gasteiger partial charge < -0.3 is 4.74 Å². The first-order valence-corrected chi connectivity index (χ1v) is 5.00. The summed E-state index contributed by atoms with van der Waals surface area (Å²) in [6.45, 7) is 3.77. The minimum Gasteiger partial charge on any atom is -0.465 e. The number of nitrogens with zero attached hydrogens (tertiary/aromatic N) is 2. The molecule has 5 nitrogen and oxygen atoms in total. The summed E-state index contributed by atoms with van der Waals surface area (Å²) in [7, 11) is 0. The molecule has 0 unspecified atom stereocenters. The number of benzene rings is 1. The second-order valence-electron chi connectivity index (χ2n) is 3.28. The fourth-order valence-corrected chi connectivity index (χ4v) is 1.21. The number of aryl methyl sites for hydroxylation is 1. The third kappa shape index (κ3) is 3.34. The van der Waals surface area contributed by atoms with Crippen molar-refractivity contribution in [1.29, 1.82) is 0 Å². The van der Waals surface area contributed by atoms with Crippen LogP contribution in [0.4, 0.5) is 5.69 Å². The SMILES string of the molecule is CCOC(=O)CN(N=O)c1ccc(C)cc1. The lowest BCUT2D eigenvalue weighted by molar-refractivity contribution is -0.141. The maximum absolute atomic E-state index is 11.2. The zero-order chi connectivity index (χ0) is 12.0. The van der Waals surface area contributed by atoms with Gasteiger partial charge in [0.25, 0.3) is 0 Å². The number of hydrogen-bond donors (Lipinski definition) is 0. The quantitative estimate of drug-likeness (QED) is 0.434. The van der Waals surface area contributed by atoms with E-state index in [1.807, 2.05) is 19.1 Å². The Morgan fingerprint density at radius 3 is 2.50 bits per heavy atom. The van der Waals surface area contributed by atoms with Crippen LogP contribution in [0.2, 0.25) is 0 Å². The van der Waals surface area contributed by atoms with Crippen molar-refractivity contribution in [3.8, 4) is 0 Å². The van der Waals surface area contributed by atoms with E-state index < -0.39 is 5.97 Å². The highest BCUT2D eigenvalue weighted by Gasteiger charge is 2.12. The van der Waals surface area contributed by atoms with Crippen LogP contribution in [0.3, 0.4) is 0 Å². The zero-order valence-corrected chi connectivity index (χ0v) is 9.34. The van der Waals surface area contributed by atoms with Crippen molar-refractivity contribution in [3.05, 3.63) is 34.7 Å². The smallest absolute Gasteiger partial charge is 0.327 e. The molecular weight excluding hydrogens is 208 g/mol.